The highest BCUT2D eigenvalue weighted by molar-refractivity contribution is 5.10. The van der Waals surface area contributed by atoms with Gasteiger partial charge in [-0.1, -0.05) is 18.5 Å². The molecule has 0 fully saturated rings. The van der Waals surface area contributed by atoms with Gasteiger partial charge >= 0.3 is 0 Å². The summed E-state index contributed by atoms with van der Waals surface area (Å²) >= 11 is 0. The topological polar surface area (TPSA) is 64.9 Å². The zero-order chi connectivity index (χ0) is 12.4. The summed E-state index contributed by atoms with van der Waals surface area (Å²) in [5, 5.41) is 3.99. The average molecular weight is 225 g/mol. The van der Waals surface area contributed by atoms with Crippen LogP contribution >= 0.6 is 0 Å². The largest absolute Gasteiger partial charge is 0.339 e. The Bertz CT molecular complexity index is 336. The molecule has 0 radical (unpaired) electrons. The van der Waals surface area contributed by atoms with Crippen LogP contribution in [0.4, 0.5) is 0 Å². The quantitative estimate of drug-likeness (QED) is 0.835. The van der Waals surface area contributed by atoms with Crippen LogP contribution in [0.3, 0.4) is 0 Å². The van der Waals surface area contributed by atoms with Gasteiger partial charge in [0.25, 0.3) is 0 Å². The molecule has 0 atom stereocenters. The van der Waals surface area contributed by atoms with Gasteiger partial charge in [0.05, 0.1) is 5.41 Å². The molecule has 0 spiro atoms. The summed E-state index contributed by atoms with van der Waals surface area (Å²) < 4.78 is 5.31. The van der Waals surface area contributed by atoms with Gasteiger partial charge in [0.15, 0.2) is 5.82 Å². The minimum atomic E-state index is -0.387. The Balaban J connectivity index is 2.85. The van der Waals surface area contributed by atoms with Crippen molar-refractivity contribution in [2.45, 2.75) is 64.8 Å². The molecule has 1 heterocycles. The molecule has 0 aliphatic heterocycles. The summed E-state index contributed by atoms with van der Waals surface area (Å²) in [4.78, 5) is 4.43. The summed E-state index contributed by atoms with van der Waals surface area (Å²) in [7, 11) is 0. The molecule has 1 rings (SSSR count). The maximum absolute atomic E-state index is 6.13. The fraction of sp³-hybridized carbons (Fsp3) is 0.833. The molecule has 4 heteroatoms. The van der Waals surface area contributed by atoms with Gasteiger partial charge in [0.2, 0.25) is 5.89 Å². The number of nitrogens with two attached hydrogens (primary N) is 1. The first-order valence-corrected chi connectivity index (χ1v) is 5.91. The molecule has 1 aromatic heterocycles. The molecular formula is C12H23N3O. The van der Waals surface area contributed by atoms with E-state index >= 15 is 0 Å². The van der Waals surface area contributed by atoms with Gasteiger partial charge in [-0.2, -0.15) is 4.98 Å². The van der Waals surface area contributed by atoms with Gasteiger partial charge in [-0.3, -0.25) is 0 Å². The second kappa shape index (κ2) is 4.53. The smallest absolute Gasteiger partial charge is 0.234 e. The summed E-state index contributed by atoms with van der Waals surface area (Å²) in [6.45, 7) is 10.2. The SMILES string of the molecule is CCCCc1noc(C(C)(C)C(C)(C)N)n1. The van der Waals surface area contributed by atoms with Crippen LogP contribution < -0.4 is 5.73 Å². The Labute approximate surface area is 97.6 Å². The summed E-state index contributed by atoms with van der Waals surface area (Å²) in [6.07, 6.45) is 3.10. The molecule has 0 saturated carbocycles. The van der Waals surface area contributed by atoms with E-state index in [1.165, 1.54) is 0 Å². The minimum Gasteiger partial charge on any atom is -0.339 e. The average Bonchev–Trinajstić information content (AvgIpc) is 2.61. The molecule has 0 aliphatic rings. The Morgan fingerprint density at radius 1 is 1.25 bits per heavy atom. The van der Waals surface area contributed by atoms with E-state index in [0.717, 1.165) is 25.1 Å². The molecule has 0 saturated heterocycles. The van der Waals surface area contributed by atoms with Crippen molar-refractivity contribution in [3.05, 3.63) is 11.7 Å². The molecule has 0 unspecified atom stereocenters. The van der Waals surface area contributed by atoms with Crippen LogP contribution in [0.15, 0.2) is 4.52 Å². The number of aryl methyl sites for hydroxylation is 1. The number of nitrogens with zero attached hydrogens (tertiary/aromatic N) is 2. The van der Waals surface area contributed by atoms with Gasteiger partial charge in [0.1, 0.15) is 0 Å². The summed E-state index contributed by atoms with van der Waals surface area (Å²) in [5.41, 5.74) is 5.42. The Hall–Kier alpha value is -0.900. The lowest BCUT2D eigenvalue weighted by atomic mass is 9.75. The van der Waals surface area contributed by atoms with Crippen LogP contribution in [0.25, 0.3) is 0 Å². The van der Waals surface area contributed by atoms with Gasteiger partial charge in [-0.05, 0) is 34.1 Å². The zero-order valence-corrected chi connectivity index (χ0v) is 11.0. The van der Waals surface area contributed by atoms with E-state index in [-0.39, 0.29) is 11.0 Å². The van der Waals surface area contributed by atoms with Crippen LogP contribution in [-0.4, -0.2) is 15.7 Å². The highest BCUT2D eigenvalue weighted by Gasteiger charge is 2.40. The van der Waals surface area contributed by atoms with Crippen LogP contribution in [0.5, 0.6) is 0 Å². The van der Waals surface area contributed by atoms with Crippen molar-refractivity contribution in [3.8, 4) is 0 Å². The third-order valence-electron chi connectivity index (χ3n) is 3.37. The first kappa shape index (κ1) is 13.2. The van der Waals surface area contributed by atoms with Gasteiger partial charge in [0, 0.05) is 12.0 Å². The Morgan fingerprint density at radius 3 is 2.38 bits per heavy atom. The molecule has 0 aliphatic carbocycles. The van der Waals surface area contributed by atoms with E-state index in [1.54, 1.807) is 0 Å². The standard InChI is InChI=1S/C12H23N3O/c1-6-7-8-9-14-10(16-15-9)11(2,3)12(4,5)13/h6-8,13H2,1-5H3. The van der Waals surface area contributed by atoms with E-state index in [9.17, 15) is 0 Å². The molecule has 4 nitrogen and oxygen atoms in total. The number of hydrogen-bond acceptors (Lipinski definition) is 4. The van der Waals surface area contributed by atoms with E-state index in [4.69, 9.17) is 10.3 Å². The number of unbranched alkanes of at least 4 members (excludes halogenated alkanes) is 1. The van der Waals surface area contributed by atoms with Crippen LogP contribution in [0.1, 0.15) is 59.2 Å². The lowest BCUT2D eigenvalue weighted by Crippen LogP contribution is -2.50. The lowest BCUT2D eigenvalue weighted by Gasteiger charge is -2.34. The first-order valence-electron chi connectivity index (χ1n) is 5.91. The maximum Gasteiger partial charge on any atom is 0.234 e. The molecule has 2 N–H and O–H groups in total. The Kier molecular flexibility index (Phi) is 3.73. The minimum absolute atomic E-state index is 0.315. The third-order valence-corrected chi connectivity index (χ3v) is 3.37. The van der Waals surface area contributed by atoms with E-state index in [2.05, 4.69) is 17.1 Å². The number of rotatable bonds is 5. The van der Waals surface area contributed by atoms with Crippen molar-refractivity contribution in [1.29, 1.82) is 0 Å². The molecule has 0 aromatic carbocycles. The van der Waals surface area contributed by atoms with Crippen molar-refractivity contribution in [2.24, 2.45) is 5.73 Å². The fourth-order valence-electron chi connectivity index (χ4n) is 1.22. The highest BCUT2D eigenvalue weighted by atomic mass is 16.5. The Morgan fingerprint density at radius 2 is 1.88 bits per heavy atom. The second-order valence-corrected chi connectivity index (χ2v) is 5.47. The van der Waals surface area contributed by atoms with Gasteiger partial charge in [-0.15, -0.1) is 0 Å². The predicted molar refractivity (Wildman–Crippen MR) is 64.2 cm³/mol. The molecule has 1 aromatic rings. The van der Waals surface area contributed by atoms with E-state index < -0.39 is 0 Å². The zero-order valence-electron chi connectivity index (χ0n) is 11.0. The van der Waals surface area contributed by atoms with Crippen molar-refractivity contribution in [1.82, 2.24) is 10.1 Å². The van der Waals surface area contributed by atoms with Crippen molar-refractivity contribution in [3.63, 3.8) is 0 Å². The lowest BCUT2D eigenvalue weighted by molar-refractivity contribution is 0.222. The molecule has 0 bridgehead atoms. The summed E-state index contributed by atoms with van der Waals surface area (Å²) in [6, 6.07) is 0. The maximum atomic E-state index is 6.13. The second-order valence-electron chi connectivity index (χ2n) is 5.47. The monoisotopic (exact) mass is 225 g/mol. The molecular weight excluding hydrogens is 202 g/mol. The normalized spacial score (nSPS) is 13.1. The molecule has 0 amide bonds. The van der Waals surface area contributed by atoms with Crippen molar-refractivity contribution >= 4 is 0 Å². The van der Waals surface area contributed by atoms with Crippen molar-refractivity contribution < 1.29 is 4.52 Å². The van der Waals surface area contributed by atoms with Crippen LogP contribution in [0.2, 0.25) is 0 Å². The van der Waals surface area contributed by atoms with Gasteiger partial charge in [-0.25, -0.2) is 0 Å². The fourth-order valence-corrected chi connectivity index (χ4v) is 1.22. The van der Waals surface area contributed by atoms with Crippen molar-refractivity contribution in [2.75, 3.05) is 0 Å². The van der Waals surface area contributed by atoms with Crippen LogP contribution in [-0.2, 0) is 11.8 Å². The first-order chi connectivity index (χ1) is 7.29. The molecule has 92 valence electrons. The number of aromatic nitrogens is 2. The van der Waals surface area contributed by atoms with Crippen LogP contribution in [0, 0.1) is 0 Å². The number of hydrogen-bond donors (Lipinski definition) is 1. The van der Waals surface area contributed by atoms with E-state index in [0.29, 0.717) is 5.89 Å². The molecule has 16 heavy (non-hydrogen) atoms. The third kappa shape index (κ3) is 2.61. The van der Waals surface area contributed by atoms with Gasteiger partial charge < -0.3 is 10.3 Å². The summed E-state index contributed by atoms with van der Waals surface area (Å²) in [5.74, 6) is 1.42. The predicted octanol–water partition coefficient (Wildman–Crippen LogP) is 2.43. The van der Waals surface area contributed by atoms with E-state index in [1.807, 2.05) is 27.7 Å². The highest BCUT2D eigenvalue weighted by Crippen LogP contribution is 2.31.